The molecule has 0 aromatic heterocycles. The van der Waals surface area contributed by atoms with Crippen LogP contribution in [0.3, 0.4) is 0 Å². The highest BCUT2D eigenvalue weighted by molar-refractivity contribution is 7.85. The molecule has 0 rings (SSSR count). The molecular formula is C11H23NO5S. The molecule has 0 bridgehead atoms. The second kappa shape index (κ2) is 11.2. The van der Waals surface area contributed by atoms with Crippen LogP contribution in [-0.4, -0.2) is 56.8 Å². The maximum Gasteiger partial charge on any atom is 0.330 e. The van der Waals surface area contributed by atoms with Crippen LogP contribution >= 0.6 is 0 Å². The molecule has 0 aliphatic heterocycles. The first-order chi connectivity index (χ1) is 8.22. The van der Waals surface area contributed by atoms with Crippen LogP contribution in [-0.2, 0) is 19.6 Å². The smallest absolute Gasteiger partial charge is 0.330 e. The predicted octanol–water partition coefficient (Wildman–Crippen LogP) is 0.952. The SMILES string of the molecule is C=CC(=O)OCCCC.CN(C)CCS(=O)(=O)O. The molecule has 18 heavy (non-hydrogen) atoms. The highest BCUT2D eigenvalue weighted by atomic mass is 32.2. The Bertz CT molecular complexity index is 324. The third-order valence-electron chi connectivity index (χ3n) is 1.71. The van der Waals surface area contributed by atoms with Gasteiger partial charge in [-0.25, -0.2) is 4.79 Å². The fraction of sp³-hybridized carbons (Fsp3) is 0.727. The van der Waals surface area contributed by atoms with Gasteiger partial charge >= 0.3 is 5.97 Å². The average molecular weight is 281 g/mol. The van der Waals surface area contributed by atoms with E-state index in [1.807, 2.05) is 6.92 Å². The number of carbonyl (C=O) groups excluding carboxylic acids is 1. The number of esters is 1. The molecule has 7 heteroatoms. The van der Waals surface area contributed by atoms with E-state index in [-0.39, 0.29) is 11.7 Å². The van der Waals surface area contributed by atoms with E-state index in [1.54, 1.807) is 19.0 Å². The lowest BCUT2D eigenvalue weighted by Crippen LogP contribution is -2.21. The van der Waals surface area contributed by atoms with Crippen LogP contribution in [0.2, 0.25) is 0 Å². The van der Waals surface area contributed by atoms with Gasteiger partial charge in [0.05, 0.1) is 12.4 Å². The maximum absolute atomic E-state index is 10.3. The molecule has 0 radical (unpaired) electrons. The minimum atomic E-state index is -3.76. The molecule has 0 saturated carbocycles. The summed E-state index contributed by atoms with van der Waals surface area (Å²) >= 11 is 0. The van der Waals surface area contributed by atoms with Crippen LogP contribution in [0.25, 0.3) is 0 Å². The monoisotopic (exact) mass is 281 g/mol. The van der Waals surface area contributed by atoms with Crippen LogP contribution in [0.5, 0.6) is 0 Å². The van der Waals surface area contributed by atoms with E-state index in [0.717, 1.165) is 12.8 Å². The Hall–Kier alpha value is -0.920. The zero-order valence-corrected chi connectivity index (χ0v) is 12.1. The number of carbonyl (C=O) groups is 1. The maximum atomic E-state index is 10.3. The molecule has 0 amide bonds. The minimum absolute atomic E-state index is 0.194. The Morgan fingerprint density at radius 1 is 1.44 bits per heavy atom. The molecule has 0 aromatic rings. The topological polar surface area (TPSA) is 83.9 Å². The summed E-state index contributed by atoms with van der Waals surface area (Å²) in [5, 5.41) is 0. The molecule has 0 spiro atoms. The van der Waals surface area contributed by atoms with Gasteiger partial charge in [-0.1, -0.05) is 19.9 Å². The Kier molecular flexibility index (Phi) is 12.1. The van der Waals surface area contributed by atoms with Crippen molar-refractivity contribution in [3.05, 3.63) is 12.7 Å². The van der Waals surface area contributed by atoms with Crippen molar-refractivity contribution in [2.24, 2.45) is 0 Å². The molecule has 0 aliphatic rings. The standard InChI is InChI=1S/C7H12O2.C4H11NO3S/c1-3-5-6-9-7(8)4-2;1-5(2)3-4-9(6,7)8/h4H,2-3,5-6H2,1H3;3-4H2,1-2H3,(H,6,7,8). The molecule has 0 fully saturated rings. The lowest BCUT2D eigenvalue weighted by Gasteiger charge is -2.05. The zero-order chi connectivity index (χ0) is 14.6. The minimum Gasteiger partial charge on any atom is -0.463 e. The first kappa shape index (κ1) is 19.4. The number of hydrogen-bond acceptors (Lipinski definition) is 5. The highest BCUT2D eigenvalue weighted by Crippen LogP contribution is 1.88. The normalized spacial score (nSPS) is 10.5. The summed E-state index contributed by atoms with van der Waals surface area (Å²) in [6.07, 6.45) is 3.15. The highest BCUT2D eigenvalue weighted by Gasteiger charge is 2.03. The summed E-state index contributed by atoms with van der Waals surface area (Å²) in [7, 11) is -0.278. The summed E-state index contributed by atoms with van der Waals surface area (Å²) in [6.45, 7) is 6.18. The summed E-state index contributed by atoms with van der Waals surface area (Å²) in [5.74, 6) is -0.525. The molecule has 0 aromatic carbocycles. The van der Waals surface area contributed by atoms with Crippen molar-refractivity contribution >= 4 is 16.1 Å². The van der Waals surface area contributed by atoms with Crippen LogP contribution in [0.1, 0.15) is 19.8 Å². The molecule has 0 unspecified atom stereocenters. The molecule has 0 heterocycles. The van der Waals surface area contributed by atoms with E-state index >= 15 is 0 Å². The van der Waals surface area contributed by atoms with Gasteiger partial charge in [-0.05, 0) is 20.5 Å². The molecule has 6 nitrogen and oxygen atoms in total. The van der Waals surface area contributed by atoms with E-state index in [1.165, 1.54) is 6.08 Å². The lowest BCUT2D eigenvalue weighted by atomic mass is 10.4. The van der Waals surface area contributed by atoms with Gasteiger partial charge in [-0.2, -0.15) is 8.42 Å². The number of nitrogens with zero attached hydrogens (tertiary/aromatic N) is 1. The first-order valence-corrected chi connectivity index (χ1v) is 7.23. The number of rotatable bonds is 7. The van der Waals surface area contributed by atoms with E-state index in [0.29, 0.717) is 13.2 Å². The van der Waals surface area contributed by atoms with E-state index < -0.39 is 10.1 Å². The van der Waals surface area contributed by atoms with Gasteiger partial charge in [0, 0.05) is 12.6 Å². The summed E-state index contributed by atoms with van der Waals surface area (Å²) < 4.78 is 33.0. The van der Waals surface area contributed by atoms with Crippen molar-refractivity contribution in [3.8, 4) is 0 Å². The molecular weight excluding hydrogens is 258 g/mol. The summed E-state index contributed by atoms with van der Waals surface area (Å²) in [5.41, 5.74) is 0. The van der Waals surface area contributed by atoms with Gasteiger partial charge in [0.2, 0.25) is 0 Å². The van der Waals surface area contributed by atoms with Crippen molar-refractivity contribution < 1.29 is 22.5 Å². The second-order valence-electron chi connectivity index (χ2n) is 3.81. The molecule has 1 N–H and O–H groups in total. The van der Waals surface area contributed by atoms with Gasteiger partial charge in [-0.15, -0.1) is 0 Å². The molecule has 108 valence electrons. The van der Waals surface area contributed by atoms with Gasteiger partial charge in [0.1, 0.15) is 0 Å². The van der Waals surface area contributed by atoms with Gasteiger partial charge in [0.25, 0.3) is 10.1 Å². The van der Waals surface area contributed by atoms with Crippen molar-refractivity contribution in [2.45, 2.75) is 19.8 Å². The number of hydrogen-bond donors (Lipinski definition) is 1. The van der Waals surface area contributed by atoms with Crippen LogP contribution in [0.15, 0.2) is 12.7 Å². The summed E-state index contributed by atoms with van der Waals surface area (Å²) in [4.78, 5) is 12.0. The van der Waals surface area contributed by atoms with Crippen LogP contribution in [0.4, 0.5) is 0 Å². The molecule has 0 atom stereocenters. The van der Waals surface area contributed by atoms with Crippen molar-refractivity contribution in [1.29, 1.82) is 0 Å². The predicted molar refractivity (Wildman–Crippen MR) is 71.0 cm³/mol. The average Bonchev–Trinajstić information content (AvgIpc) is 2.26. The Labute approximate surface area is 109 Å². The third-order valence-corrected chi connectivity index (χ3v) is 2.40. The number of unbranched alkanes of at least 4 members (excludes halogenated alkanes) is 1. The largest absolute Gasteiger partial charge is 0.463 e. The second-order valence-corrected chi connectivity index (χ2v) is 5.39. The van der Waals surface area contributed by atoms with E-state index in [4.69, 9.17) is 4.55 Å². The first-order valence-electron chi connectivity index (χ1n) is 5.62. The van der Waals surface area contributed by atoms with Gasteiger partial charge < -0.3 is 9.64 Å². The van der Waals surface area contributed by atoms with Crippen molar-refractivity contribution in [1.82, 2.24) is 4.90 Å². The van der Waals surface area contributed by atoms with Crippen LogP contribution in [0, 0.1) is 0 Å². The van der Waals surface area contributed by atoms with Crippen molar-refractivity contribution in [2.75, 3.05) is 33.0 Å². The van der Waals surface area contributed by atoms with Gasteiger partial charge in [-0.3, -0.25) is 4.55 Å². The Morgan fingerprint density at radius 2 is 2.00 bits per heavy atom. The van der Waals surface area contributed by atoms with Gasteiger partial charge in [0.15, 0.2) is 0 Å². The fourth-order valence-corrected chi connectivity index (χ4v) is 1.27. The summed E-state index contributed by atoms with van der Waals surface area (Å²) in [6, 6.07) is 0. The molecule has 0 saturated heterocycles. The molecule has 0 aliphatic carbocycles. The Morgan fingerprint density at radius 3 is 2.28 bits per heavy atom. The van der Waals surface area contributed by atoms with Crippen molar-refractivity contribution in [3.63, 3.8) is 0 Å². The van der Waals surface area contributed by atoms with Crippen LogP contribution < -0.4 is 0 Å². The Balaban J connectivity index is 0. The van der Waals surface area contributed by atoms with E-state index in [2.05, 4.69) is 11.3 Å². The quantitative estimate of drug-likeness (QED) is 0.324. The lowest BCUT2D eigenvalue weighted by molar-refractivity contribution is -0.137. The third kappa shape index (κ3) is 20.5. The zero-order valence-electron chi connectivity index (χ0n) is 11.3. The van der Waals surface area contributed by atoms with E-state index in [9.17, 15) is 13.2 Å². The number of ether oxygens (including phenoxy) is 1. The fourth-order valence-electron chi connectivity index (χ4n) is 0.674.